The van der Waals surface area contributed by atoms with Crippen LogP contribution in [0.15, 0.2) is 33.5 Å². The van der Waals surface area contributed by atoms with Crippen molar-refractivity contribution < 1.29 is 18.7 Å². The first-order valence-electron chi connectivity index (χ1n) is 8.33. The number of hydrogen-bond donors (Lipinski definition) is 2. The Morgan fingerprint density at radius 1 is 1.07 bits per heavy atom. The van der Waals surface area contributed by atoms with E-state index in [1.54, 1.807) is 44.8 Å². The van der Waals surface area contributed by atoms with E-state index in [0.717, 1.165) is 5.56 Å². The van der Waals surface area contributed by atoms with E-state index >= 15 is 0 Å². The van der Waals surface area contributed by atoms with Crippen LogP contribution in [0.5, 0.6) is 17.2 Å². The van der Waals surface area contributed by atoms with Gasteiger partial charge in [-0.25, -0.2) is 4.98 Å². The average Bonchev–Trinajstić information content (AvgIpc) is 3.47. The highest BCUT2D eigenvalue weighted by Gasteiger charge is 2.19. The Kier molecular flexibility index (Phi) is 5.23. The molecule has 4 rings (SSSR count). The van der Waals surface area contributed by atoms with Crippen LogP contribution in [0.3, 0.4) is 0 Å². The highest BCUT2D eigenvalue weighted by atomic mass is 32.1. The zero-order valence-corrected chi connectivity index (χ0v) is 17.4. The molecule has 11 heteroatoms. The molecule has 3 heterocycles. The van der Waals surface area contributed by atoms with Crippen LogP contribution in [0.1, 0.15) is 0 Å². The number of anilines is 3. The van der Waals surface area contributed by atoms with Crippen molar-refractivity contribution in [2.24, 2.45) is 0 Å². The molecule has 0 unspecified atom stereocenters. The molecule has 0 bridgehead atoms. The fourth-order valence-corrected chi connectivity index (χ4v) is 4.10. The third-order valence-corrected chi connectivity index (χ3v) is 5.63. The molecule has 3 aromatic heterocycles. The lowest BCUT2D eigenvalue weighted by Crippen LogP contribution is -1.97. The number of benzene rings is 1. The largest absolute Gasteiger partial charge is 0.493 e. The van der Waals surface area contributed by atoms with Gasteiger partial charge in [-0.05, 0) is 11.4 Å². The summed E-state index contributed by atoms with van der Waals surface area (Å²) in [7, 11) is 4.67. The lowest BCUT2D eigenvalue weighted by Gasteiger charge is -2.14. The summed E-state index contributed by atoms with van der Waals surface area (Å²) >= 11 is 2.87. The predicted molar refractivity (Wildman–Crippen MR) is 113 cm³/mol. The Morgan fingerprint density at radius 2 is 1.83 bits per heavy atom. The summed E-state index contributed by atoms with van der Waals surface area (Å²) < 4.78 is 21.4. The Labute approximate surface area is 174 Å². The van der Waals surface area contributed by atoms with Gasteiger partial charge in [-0.1, -0.05) is 16.5 Å². The quantitative estimate of drug-likeness (QED) is 0.442. The first-order chi connectivity index (χ1) is 14.1. The molecule has 0 amide bonds. The lowest BCUT2D eigenvalue weighted by molar-refractivity contribution is 0.324. The molecule has 0 radical (unpaired) electrons. The highest BCUT2D eigenvalue weighted by molar-refractivity contribution is 7.19. The minimum absolute atomic E-state index is 0.308. The minimum Gasteiger partial charge on any atom is -0.493 e. The Morgan fingerprint density at radius 3 is 2.45 bits per heavy atom. The van der Waals surface area contributed by atoms with Gasteiger partial charge in [0, 0.05) is 23.2 Å². The van der Waals surface area contributed by atoms with Crippen molar-refractivity contribution in [1.82, 2.24) is 15.1 Å². The Hall–Kier alpha value is -3.31. The van der Waals surface area contributed by atoms with Crippen molar-refractivity contribution in [2.75, 3.05) is 32.4 Å². The number of nitrogens with zero attached hydrogens (tertiary/aromatic N) is 3. The average molecular weight is 431 g/mol. The zero-order valence-electron chi connectivity index (χ0n) is 15.8. The van der Waals surface area contributed by atoms with Gasteiger partial charge >= 0.3 is 0 Å². The van der Waals surface area contributed by atoms with Gasteiger partial charge in [-0.15, -0.1) is 0 Å². The predicted octanol–water partition coefficient (Wildman–Crippen LogP) is 4.27. The maximum absolute atomic E-state index is 6.08. The maximum atomic E-state index is 6.08. The number of thiazole rings is 1. The molecule has 3 N–H and O–H groups in total. The molecule has 0 fully saturated rings. The third kappa shape index (κ3) is 3.69. The monoisotopic (exact) mass is 431 g/mol. The van der Waals surface area contributed by atoms with Gasteiger partial charge in [-0.2, -0.15) is 16.3 Å². The SMILES string of the molecule is COc1cc(Nc2nc(N)c(-c3noc(-c4ccsc4)n3)s2)cc(OC)c1OC. The molecule has 150 valence electrons. The number of methoxy groups -OCH3 is 3. The number of aromatic nitrogens is 3. The second-order valence-corrected chi connectivity index (χ2v) is 7.49. The van der Waals surface area contributed by atoms with E-state index < -0.39 is 0 Å². The highest BCUT2D eigenvalue weighted by Crippen LogP contribution is 2.42. The van der Waals surface area contributed by atoms with Crippen molar-refractivity contribution in [1.29, 1.82) is 0 Å². The Bertz CT molecular complexity index is 1100. The maximum Gasteiger partial charge on any atom is 0.259 e. The second kappa shape index (κ2) is 7.97. The van der Waals surface area contributed by atoms with E-state index in [0.29, 0.717) is 50.5 Å². The van der Waals surface area contributed by atoms with Crippen LogP contribution in [-0.4, -0.2) is 36.5 Å². The van der Waals surface area contributed by atoms with E-state index in [1.165, 1.54) is 11.3 Å². The van der Waals surface area contributed by atoms with Gasteiger partial charge in [0.1, 0.15) is 10.7 Å². The second-order valence-electron chi connectivity index (χ2n) is 5.71. The topological polar surface area (TPSA) is 118 Å². The molecule has 1 aromatic carbocycles. The normalized spacial score (nSPS) is 10.7. The van der Waals surface area contributed by atoms with Crippen LogP contribution in [0.2, 0.25) is 0 Å². The van der Waals surface area contributed by atoms with Crippen LogP contribution >= 0.6 is 22.7 Å². The van der Waals surface area contributed by atoms with Gasteiger partial charge < -0.3 is 29.8 Å². The standard InChI is InChI=1S/C18H17N5O4S2/c1-24-11-6-10(7-12(25-2)13(11)26-3)20-18-21-15(19)14(29-18)16-22-17(27-23-16)9-4-5-28-8-9/h4-8H,19H2,1-3H3,(H,20,21). The van der Waals surface area contributed by atoms with Gasteiger partial charge in [0.25, 0.3) is 5.89 Å². The van der Waals surface area contributed by atoms with E-state index in [2.05, 4.69) is 20.4 Å². The van der Waals surface area contributed by atoms with Crippen molar-refractivity contribution in [2.45, 2.75) is 0 Å². The molecule has 29 heavy (non-hydrogen) atoms. The molecule has 0 aliphatic heterocycles. The number of nitrogens with one attached hydrogen (secondary N) is 1. The van der Waals surface area contributed by atoms with Gasteiger partial charge in [-0.3, -0.25) is 0 Å². The molecule has 9 nitrogen and oxygen atoms in total. The van der Waals surface area contributed by atoms with Crippen molar-refractivity contribution in [3.05, 3.63) is 29.0 Å². The molecule has 0 saturated carbocycles. The summed E-state index contributed by atoms with van der Waals surface area (Å²) in [6.45, 7) is 0. The van der Waals surface area contributed by atoms with Crippen molar-refractivity contribution in [3.63, 3.8) is 0 Å². The van der Waals surface area contributed by atoms with Crippen molar-refractivity contribution >= 4 is 39.3 Å². The number of thiophene rings is 1. The molecule has 0 atom stereocenters. The van der Waals surface area contributed by atoms with Gasteiger partial charge in [0.2, 0.25) is 11.6 Å². The summed E-state index contributed by atoms with van der Waals surface area (Å²) in [5.41, 5.74) is 7.65. The third-order valence-electron chi connectivity index (χ3n) is 3.97. The summed E-state index contributed by atoms with van der Waals surface area (Å²) in [6.07, 6.45) is 0. The van der Waals surface area contributed by atoms with Gasteiger partial charge in [0.15, 0.2) is 16.6 Å². The lowest BCUT2D eigenvalue weighted by atomic mass is 10.2. The molecule has 0 saturated heterocycles. The van der Waals surface area contributed by atoms with Crippen molar-refractivity contribution in [3.8, 4) is 39.4 Å². The number of nitrogen functional groups attached to an aromatic ring is 1. The molecule has 0 aliphatic carbocycles. The smallest absolute Gasteiger partial charge is 0.259 e. The zero-order chi connectivity index (χ0) is 20.4. The molecular weight excluding hydrogens is 414 g/mol. The van der Waals surface area contributed by atoms with Crippen LogP contribution < -0.4 is 25.3 Å². The molecule has 4 aromatic rings. The van der Waals surface area contributed by atoms with Gasteiger partial charge in [0.05, 0.1) is 26.9 Å². The number of rotatable bonds is 7. The van der Waals surface area contributed by atoms with E-state index in [4.69, 9.17) is 24.5 Å². The fourth-order valence-electron chi connectivity index (χ4n) is 2.64. The van der Waals surface area contributed by atoms with Crippen LogP contribution in [-0.2, 0) is 0 Å². The van der Waals surface area contributed by atoms with E-state index in [9.17, 15) is 0 Å². The number of hydrogen-bond acceptors (Lipinski definition) is 11. The molecule has 0 aliphatic rings. The summed E-state index contributed by atoms with van der Waals surface area (Å²) in [4.78, 5) is 9.39. The molecule has 0 spiro atoms. The van der Waals surface area contributed by atoms with Crippen LogP contribution in [0.4, 0.5) is 16.6 Å². The summed E-state index contributed by atoms with van der Waals surface area (Å²) in [6, 6.07) is 5.47. The summed E-state index contributed by atoms with van der Waals surface area (Å²) in [5.74, 6) is 2.69. The van der Waals surface area contributed by atoms with Crippen LogP contribution in [0.25, 0.3) is 22.2 Å². The van der Waals surface area contributed by atoms with E-state index in [-0.39, 0.29) is 0 Å². The first-order valence-corrected chi connectivity index (χ1v) is 10.1. The van der Waals surface area contributed by atoms with E-state index in [1.807, 2.05) is 16.8 Å². The first kappa shape index (κ1) is 19.0. The van der Waals surface area contributed by atoms with Crippen LogP contribution in [0, 0.1) is 0 Å². The fraction of sp³-hybridized carbons (Fsp3) is 0.167. The number of ether oxygens (including phenoxy) is 3. The number of nitrogens with two attached hydrogens (primary N) is 1. The summed E-state index contributed by atoms with van der Waals surface area (Å²) in [5, 5.41) is 11.7. The molecular formula is C18H17N5O4S2. The minimum atomic E-state index is 0.308. The Balaban J connectivity index is 1.62.